The molecule has 0 bridgehead atoms. The van der Waals surface area contributed by atoms with E-state index in [9.17, 15) is 14.4 Å². The van der Waals surface area contributed by atoms with Crippen molar-refractivity contribution in [3.8, 4) is 5.75 Å². The number of carbonyl (C=O) groups is 3. The zero-order valence-corrected chi connectivity index (χ0v) is 17.7. The van der Waals surface area contributed by atoms with Crippen LogP contribution in [0.4, 0.5) is 11.4 Å². The first-order valence-corrected chi connectivity index (χ1v) is 10.5. The lowest BCUT2D eigenvalue weighted by Gasteiger charge is -2.31. The van der Waals surface area contributed by atoms with E-state index in [4.69, 9.17) is 9.47 Å². The first-order chi connectivity index (χ1) is 15.0. The summed E-state index contributed by atoms with van der Waals surface area (Å²) >= 11 is 0. The molecule has 162 valence electrons. The number of carbonyl (C=O) groups excluding carboxylic acids is 3. The molecule has 1 saturated heterocycles. The second-order valence-electron chi connectivity index (χ2n) is 7.88. The molecule has 7 heteroatoms. The Morgan fingerprint density at radius 3 is 2.55 bits per heavy atom. The molecule has 4 rings (SSSR count). The molecule has 7 nitrogen and oxygen atoms in total. The van der Waals surface area contributed by atoms with Crippen molar-refractivity contribution >= 4 is 29.2 Å². The third-order valence-electron chi connectivity index (χ3n) is 5.85. The zero-order chi connectivity index (χ0) is 22.0. The van der Waals surface area contributed by atoms with Gasteiger partial charge in [-0.3, -0.25) is 14.4 Å². The molecule has 2 atom stereocenters. The second-order valence-corrected chi connectivity index (χ2v) is 7.88. The van der Waals surface area contributed by atoms with Gasteiger partial charge in [0.1, 0.15) is 5.75 Å². The quantitative estimate of drug-likeness (QED) is 0.693. The van der Waals surface area contributed by atoms with Crippen LogP contribution >= 0.6 is 0 Å². The van der Waals surface area contributed by atoms with Gasteiger partial charge in [0.15, 0.2) is 6.10 Å². The molecule has 2 aliphatic rings. The SMILES string of the molecule is COc1ccccc1N1C[C@H](C(=O)O[C@H](C)C(=O)N2CCCc3ccccc32)CC1=O. The van der Waals surface area contributed by atoms with Crippen molar-refractivity contribution in [2.45, 2.75) is 32.3 Å². The Morgan fingerprint density at radius 2 is 1.77 bits per heavy atom. The summed E-state index contributed by atoms with van der Waals surface area (Å²) < 4.78 is 10.8. The van der Waals surface area contributed by atoms with Gasteiger partial charge in [-0.1, -0.05) is 30.3 Å². The number of nitrogens with zero attached hydrogens (tertiary/aromatic N) is 2. The molecule has 2 aliphatic heterocycles. The highest BCUT2D eigenvalue weighted by molar-refractivity contribution is 6.02. The molecule has 2 aromatic rings. The van der Waals surface area contributed by atoms with Crippen molar-refractivity contribution in [2.75, 3.05) is 30.0 Å². The van der Waals surface area contributed by atoms with E-state index in [1.54, 1.807) is 24.0 Å². The van der Waals surface area contributed by atoms with E-state index in [1.165, 1.54) is 12.0 Å². The van der Waals surface area contributed by atoms with Gasteiger partial charge in [-0.05, 0) is 43.5 Å². The standard InChI is InChI=1S/C24H26N2O5/c1-16(23(28)25-13-7-9-17-8-3-4-10-19(17)25)31-24(29)18-14-22(27)26(15-18)20-11-5-6-12-21(20)30-2/h3-6,8,10-12,16,18H,7,9,13-15H2,1-2H3/t16-,18-/m1/s1. The number of hydrogen-bond acceptors (Lipinski definition) is 5. The van der Waals surface area contributed by atoms with E-state index < -0.39 is 18.0 Å². The molecule has 0 aromatic heterocycles. The van der Waals surface area contributed by atoms with Crippen LogP contribution in [-0.2, 0) is 25.5 Å². The Labute approximate surface area is 181 Å². The summed E-state index contributed by atoms with van der Waals surface area (Å²) in [6.45, 7) is 2.39. The number of anilines is 2. The molecular weight excluding hydrogens is 396 g/mol. The van der Waals surface area contributed by atoms with Crippen LogP contribution in [0.2, 0.25) is 0 Å². The number of ether oxygens (including phenoxy) is 2. The number of aryl methyl sites for hydroxylation is 1. The van der Waals surface area contributed by atoms with E-state index in [2.05, 4.69) is 0 Å². The lowest BCUT2D eigenvalue weighted by Crippen LogP contribution is -2.43. The summed E-state index contributed by atoms with van der Waals surface area (Å²) in [6.07, 6.45) is 0.921. The summed E-state index contributed by atoms with van der Waals surface area (Å²) in [5.41, 5.74) is 2.62. The van der Waals surface area contributed by atoms with E-state index in [-0.39, 0.29) is 24.8 Å². The van der Waals surface area contributed by atoms with Crippen LogP contribution in [0, 0.1) is 5.92 Å². The van der Waals surface area contributed by atoms with Gasteiger partial charge >= 0.3 is 5.97 Å². The Morgan fingerprint density at radius 1 is 1.06 bits per heavy atom. The maximum Gasteiger partial charge on any atom is 0.312 e. The molecule has 0 unspecified atom stereocenters. The monoisotopic (exact) mass is 422 g/mol. The summed E-state index contributed by atoms with van der Waals surface area (Å²) in [5, 5.41) is 0. The fourth-order valence-corrected chi connectivity index (χ4v) is 4.25. The maximum atomic E-state index is 13.0. The molecule has 2 amide bonds. The number of benzene rings is 2. The summed E-state index contributed by atoms with van der Waals surface area (Å²) in [6, 6.07) is 15.0. The van der Waals surface area contributed by atoms with Crippen LogP contribution in [-0.4, -0.2) is 44.1 Å². The molecular formula is C24H26N2O5. The lowest BCUT2D eigenvalue weighted by molar-refractivity contribution is -0.157. The molecule has 0 saturated carbocycles. The van der Waals surface area contributed by atoms with Crippen molar-refractivity contribution in [2.24, 2.45) is 5.92 Å². The van der Waals surface area contributed by atoms with Gasteiger partial charge in [0.25, 0.3) is 5.91 Å². The minimum atomic E-state index is -0.922. The number of para-hydroxylation sites is 3. The van der Waals surface area contributed by atoms with Gasteiger partial charge in [-0.15, -0.1) is 0 Å². The fraction of sp³-hybridized carbons (Fsp3) is 0.375. The molecule has 2 aromatic carbocycles. The van der Waals surface area contributed by atoms with Gasteiger partial charge in [-0.2, -0.15) is 0 Å². The minimum Gasteiger partial charge on any atom is -0.495 e. The van der Waals surface area contributed by atoms with Crippen LogP contribution in [0.25, 0.3) is 0 Å². The molecule has 0 aliphatic carbocycles. The predicted molar refractivity (Wildman–Crippen MR) is 116 cm³/mol. The molecule has 0 N–H and O–H groups in total. The second kappa shape index (κ2) is 8.79. The smallest absolute Gasteiger partial charge is 0.312 e. The average Bonchev–Trinajstić information content (AvgIpc) is 3.19. The third kappa shape index (κ3) is 4.13. The summed E-state index contributed by atoms with van der Waals surface area (Å²) in [7, 11) is 1.54. The first kappa shape index (κ1) is 20.9. The Bertz CT molecular complexity index is 1000. The van der Waals surface area contributed by atoms with Crippen LogP contribution in [0.1, 0.15) is 25.3 Å². The first-order valence-electron chi connectivity index (χ1n) is 10.5. The number of amides is 2. The highest BCUT2D eigenvalue weighted by Gasteiger charge is 2.39. The van der Waals surface area contributed by atoms with Crippen molar-refractivity contribution < 1.29 is 23.9 Å². The van der Waals surface area contributed by atoms with Crippen LogP contribution in [0.15, 0.2) is 48.5 Å². The molecule has 0 spiro atoms. The Balaban J connectivity index is 1.42. The Kier molecular flexibility index (Phi) is 5.93. The average molecular weight is 422 g/mol. The highest BCUT2D eigenvalue weighted by Crippen LogP contribution is 2.33. The normalized spacial score (nSPS) is 19.0. The maximum absolute atomic E-state index is 13.0. The van der Waals surface area contributed by atoms with E-state index in [0.29, 0.717) is 18.0 Å². The number of esters is 1. The largest absolute Gasteiger partial charge is 0.495 e. The van der Waals surface area contributed by atoms with Crippen LogP contribution < -0.4 is 14.5 Å². The highest BCUT2D eigenvalue weighted by atomic mass is 16.5. The summed E-state index contributed by atoms with van der Waals surface area (Å²) in [4.78, 5) is 41.5. The van der Waals surface area contributed by atoms with Gasteiger partial charge in [0.2, 0.25) is 5.91 Å². The Hall–Kier alpha value is -3.35. The number of fused-ring (bicyclic) bond motifs is 1. The number of rotatable bonds is 5. The van der Waals surface area contributed by atoms with Gasteiger partial charge in [0.05, 0.1) is 18.7 Å². The van der Waals surface area contributed by atoms with Gasteiger partial charge in [0, 0.05) is 25.2 Å². The molecule has 2 heterocycles. The van der Waals surface area contributed by atoms with Gasteiger partial charge < -0.3 is 19.3 Å². The van der Waals surface area contributed by atoms with E-state index >= 15 is 0 Å². The van der Waals surface area contributed by atoms with E-state index in [1.807, 2.05) is 36.4 Å². The van der Waals surface area contributed by atoms with Crippen molar-refractivity contribution in [1.29, 1.82) is 0 Å². The number of methoxy groups -OCH3 is 1. The van der Waals surface area contributed by atoms with Crippen molar-refractivity contribution in [3.63, 3.8) is 0 Å². The molecule has 0 radical (unpaired) electrons. The van der Waals surface area contributed by atoms with Crippen LogP contribution in [0.3, 0.4) is 0 Å². The zero-order valence-electron chi connectivity index (χ0n) is 17.7. The van der Waals surface area contributed by atoms with Crippen molar-refractivity contribution in [3.05, 3.63) is 54.1 Å². The molecule has 31 heavy (non-hydrogen) atoms. The summed E-state index contributed by atoms with van der Waals surface area (Å²) in [5.74, 6) is -1.00. The number of hydrogen-bond donors (Lipinski definition) is 0. The van der Waals surface area contributed by atoms with Gasteiger partial charge in [-0.25, -0.2) is 0 Å². The van der Waals surface area contributed by atoms with Crippen molar-refractivity contribution in [1.82, 2.24) is 0 Å². The molecule has 1 fully saturated rings. The predicted octanol–water partition coefficient (Wildman–Crippen LogP) is 2.96. The third-order valence-corrected chi connectivity index (χ3v) is 5.85. The minimum absolute atomic E-state index is 0.0460. The van der Waals surface area contributed by atoms with Crippen LogP contribution in [0.5, 0.6) is 5.75 Å². The fourth-order valence-electron chi connectivity index (χ4n) is 4.25. The lowest BCUT2D eigenvalue weighted by atomic mass is 10.0. The topological polar surface area (TPSA) is 76.2 Å². The van der Waals surface area contributed by atoms with E-state index in [0.717, 1.165) is 24.1 Å².